The van der Waals surface area contributed by atoms with Crippen LogP contribution in [0.4, 0.5) is 5.69 Å². The summed E-state index contributed by atoms with van der Waals surface area (Å²) in [4.78, 5) is 32.0. The average molecular weight is 459 g/mol. The first-order chi connectivity index (χ1) is 13.5. The van der Waals surface area contributed by atoms with Gasteiger partial charge in [0, 0.05) is 45.0 Å². The van der Waals surface area contributed by atoms with Crippen molar-refractivity contribution in [3.8, 4) is 0 Å². The number of carbonyl (C=O) groups is 2. The van der Waals surface area contributed by atoms with Gasteiger partial charge >= 0.3 is 0 Å². The van der Waals surface area contributed by atoms with E-state index in [9.17, 15) is 9.59 Å². The Morgan fingerprint density at radius 1 is 1.00 bits per heavy atom. The SMILES string of the molecule is CCC(CC)(CN)C(=O)N1CCN(CC(=O)N2CCCc3ccccc32)CC1.Cl.Cl. The van der Waals surface area contributed by atoms with E-state index in [0.717, 1.165) is 51.0 Å². The second kappa shape index (κ2) is 11.9. The van der Waals surface area contributed by atoms with E-state index in [1.54, 1.807) is 0 Å². The molecule has 30 heavy (non-hydrogen) atoms. The first kappa shape index (κ1) is 26.7. The minimum atomic E-state index is -0.435. The molecule has 1 aromatic carbocycles. The average Bonchev–Trinajstić information content (AvgIpc) is 2.75. The van der Waals surface area contributed by atoms with Gasteiger partial charge in [0.2, 0.25) is 11.8 Å². The van der Waals surface area contributed by atoms with Crippen LogP contribution >= 0.6 is 24.8 Å². The maximum Gasteiger partial charge on any atom is 0.241 e. The molecule has 2 N–H and O–H groups in total. The zero-order valence-electron chi connectivity index (χ0n) is 18.1. The number of hydrogen-bond donors (Lipinski definition) is 1. The van der Waals surface area contributed by atoms with E-state index < -0.39 is 5.41 Å². The van der Waals surface area contributed by atoms with Gasteiger partial charge in [-0.3, -0.25) is 14.5 Å². The number of para-hydroxylation sites is 1. The van der Waals surface area contributed by atoms with Gasteiger partial charge in [-0.2, -0.15) is 0 Å². The minimum absolute atomic E-state index is 0. The highest BCUT2D eigenvalue weighted by atomic mass is 35.5. The first-order valence-corrected chi connectivity index (χ1v) is 10.6. The number of halogens is 2. The number of nitrogens with two attached hydrogens (primary N) is 1. The highest BCUT2D eigenvalue weighted by molar-refractivity contribution is 5.96. The number of hydrogen-bond acceptors (Lipinski definition) is 4. The van der Waals surface area contributed by atoms with Crippen molar-refractivity contribution >= 4 is 42.3 Å². The normalized spacial score (nSPS) is 16.9. The number of fused-ring (bicyclic) bond motifs is 1. The third-order valence-corrected chi connectivity index (χ3v) is 6.63. The zero-order chi connectivity index (χ0) is 20.1. The highest BCUT2D eigenvalue weighted by Gasteiger charge is 2.38. The summed E-state index contributed by atoms with van der Waals surface area (Å²) in [7, 11) is 0. The van der Waals surface area contributed by atoms with E-state index in [0.29, 0.717) is 26.2 Å². The molecule has 0 saturated carbocycles. The molecule has 2 aliphatic heterocycles. The van der Waals surface area contributed by atoms with Crippen LogP contribution in [0.25, 0.3) is 0 Å². The molecule has 6 nitrogen and oxygen atoms in total. The van der Waals surface area contributed by atoms with Gasteiger partial charge in [0.1, 0.15) is 0 Å². The molecular weight excluding hydrogens is 423 g/mol. The summed E-state index contributed by atoms with van der Waals surface area (Å²) in [5.74, 6) is 0.335. The van der Waals surface area contributed by atoms with Gasteiger partial charge in [0.15, 0.2) is 0 Å². The second-order valence-corrected chi connectivity index (χ2v) is 8.04. The molecule has 2 amide bonds. The van der Waals surface area contributed by atoms with Crippen molar-refractivity contribution < 1.29 is 9.59 Å². The van der Waals surface area contributed by atoms with Gasteiger partial charge in [0.05, 0.1) is 12.0 Å². The molecule has 1 aromatic rings. The summed E-state index contributed by atoms with van der Waals surface area (Å²) in [6, 6.07) is 8.20. The molecule has 3 rings (SSSR count). The van der Waals surface area contributed by atoms with Crippen LogP contribution in [0, 0.1) is 5.41 Å². The minimum Gasteiger partial charge on any atom is -0.340 e. The van der Waals surface area contributed by atoms with E-state index in [1.165, 1.54) is 5.56 Å². The van der Waals surface area contributed by atoms with Crippen LogP contribution in [-0.4, -0.2) is 67.4 Å². The van der Waals surface area contributed by atoms with Gasteiger partial charge in [-0.05, 0) is 37.3 Å². The van der Waals surface area contributed by atoms with Gasteiger partial charge in [0.25, 0.3) is 0 Å². The number of nitrogens with zero attached hydrogens (tertiary/aromatic N) is 3. The van der Waals surface area contributed by atoms with E-state index in [-0.39, 0.29) is 36.6 Å². The van der Waals surface area contributed by atoms with Gasteiger partial charge < -0.3 is 15.5 Å². The van der Waals surface area contributed by atoms with Crippen molar-refractivity contribution in [1.82, 2.24) is 9.80 Å². The van der Waals surface area contributed by atoms with E-state index >= 15 is 0 Å². The number of rotatable bonds is 6. The Morgan fingerprint density at radius 2 is 1.63 bits per heavy atom. The third kappa shape index (κ3) is 5.47. The molecule has 0 aliphatic carbocycles. The smallest absolute Gasteiger partial charge is 0.241 e. The Labute approximate surface area is 193 Å². The molecule has 1 saturated heterocycles. The van der Waals surface area contributed by atoms with Gasteiger partial charge in [-0.15, -0.1) is 24.8 Å². The van der Waals surface area contributed by atoms with Crippen molar-refractivity contribution in [3.05, 3.63) is 29.8 Å². The number of piperazine rings is 1. The molecular formula is C22H36Cl2N4O2. The lowest BCUT2D eigenvalue weighted by Crippen LogP contribution is -2.56. The van der Waals surface area contributed by atoms with Crippen LogP contribution in [0.1, 0.15) is 38.7 Å². The standard InChI is InChI=1S/C22H34N4O2.2ClH/c1-3-22(4-2,17-23)21(28)25-14-12-24(13-15-25)16-20(27)26-11-7-9-18-8-5-6-10-19(18)26;;/h5-6,8,10H,3-4,7,9,11-17,23H2,1-2H3;2*1H. The topological polar surface area (TPSA) is 69.9 Å². The Hall–Kier alpha value is -1.34. The predicted octanol–water partition coefficient (Wildman–Crippen LogP) is 2.72. The fraction of sp³-hybridized carbons (Fsp3) is 0.636. The maximum absolute atomic E-state index is 13.0. The summed E-state index contributed by atoms with van der Waals surface area (Å²) < 4.78 is 0. The molecule has 0 atom stereocenters. The quantitative estimate of drug-likeness (QED) is 0.711. The van der Waals surface area contributed by atoms with Gasteiger partial charge in [-0.25, -0.2) is 0 Å². The Kier molecular flexibility index (Phi) is 10.6. The molecule has 0 bridgehead atoms. The molecule has 2 heterocycles. The number of aryl methyl sites for hydroxylation is 1. The molecule has 0 aromatic heterocycles. The number of amides is 2. The molecule has 2 aliphatic rings. The van der Waals surface area contributed by atoms with E-state index in [1.807, 2.05) is 41.8 Å². The summed E-state index contributed by atoms with van der Waals surface area (Å²) in [5.41, 5.74) is 7.83. The van der Waals surface area contributed by atoms with Crippen LogP contribution in [0.3, 0.4) is 0 Å². The maximum atomic E-state index is 13.0. The monoisotopic (exact) mass is 458 g/mol. The summed E-state index contributed by atoms with van der Waals surface area (Å²) in [5, 5.41) is 0. The Morgan fingerprint density at radius 3 is 2.23 bits per heavy atom. The first-order valence-electron chi connectivity index (χ1n) is 10.6. The molecule has 0 unspecified atom stereocenters. The lowest BCUT2D eigenvalue weighted by Gasteiger charge is -2.40. The largest absolute Gasteiger partial charge is 0.340 e. The lowest BCUT2D eigenvalue weighted by atomic mass is 9.81. The number of anilines is 1. The van der Waals surface area contributed by atoms with Crippen LogP contribution in [0.15, 0.2) is 24.3 Å². The van der Waals surface area contributed by atoms with Crippen molar-refractivity contribution in [1.29, 1.82) is 0 Å². The predicted molar refractivity (Wildman–Crippen MR) is 127 cm³/mol. The summed E-state index contributed by atoms with van der Waals surface area (Å²) in [6.45, 7) is 8.50. The van der Waals surface area contributed by atoms with Crippen molar-refractivity contribution in [2.24, 2.45) is 11.1 Å². The van der Waals surface area contributed by atoms with Crippen molar-refractivity contribution in [2.45, 2.75) is 39.5 Å². The molecule has 0 radical (unpaired) electrons. The fourth-order valence-electron chi connectivity index (χ4n) is 4.44. The molecule has 170 valence electrons. The summed E-state index contributed by atoms with van der Waals surface area (Å²) in [6.07, 6.45) is 3.59. The summed E-state index contributed by atoms with van der Waals surface area (Å²) >= 11 is 0. The van der Waals surface area contributed by atoms with Crippen LogP contribution in [0.5, 0.6) is 0 Å². The van der Waals surface area contributed by atoms with Crippen molar-refractivity contribution in [3.63, 3.8) is 0 Å². The van der Waals surface area contributed by atoms with E-state index in [4.69, 9.17) is 5.73 Å². The van der Waals surface area contributed by atoms with Crippen LogP contribution in [0.2, 0.25) is 0 Å². The Bertz CT molecular complexity index is 696. The fourth-order valence-corrected chi connectivity index (χ4v) is 4.44. The Balaban J connectivity index is 0.00000225. The molecule has 1 fully saturated rings. The zero-order valence-corrected chi connectivity index (χ0v) is 19.8. The van der Waals surface area contributed by atoms with Crippen LogP contribution in [-0.2, 0) is 16.0 Å². The van der Waals surface area contributed by atoms with Crippen LogP contribution < -0.4 is 10.6 Å². The molecule has 0 spiro atoms. The lowest BCUT2D eigenvalue weighted by molar-refractivity contribution is -0.144. The van der Waals surface area contributed by atoms with Gasteiger partial charge in [-0.1, -0.05) is 32.0 Å². The number of carbonyl (C=O) groups excluding carboxylic acids is 2. The molecule has 8 heteroatoms. The highest BCUT2D eigenvalue weighted by Crippen LogP contribution is 2.29. The van der Waals surface area contributed by atoms with Crippen molar-refractivity contribution in [2.75, 3.05) is 50.7 Å². The second-order valence-electron chi connectivity index (χ2n) is 8.04. The van der Waals surface area contributed by atoms with E-state index in [2.05, 4.69) is 11.0 Å². The third-order valence-electron chi connectivity index (χ3n) is 6.63. The number of benzene rings is 1.